The van der Waals surface area contributed by atoms with E-state index in [1.54, 1.807) is 38.3 Å². The summed E-state index contributed by atoms with van der Waals surface area (Å²) in [5, 5.41) is 3.21. The first-order valence-electron chi connectivity index (χ1n) is 8.30. The van der Waals surface area contributed by atoms with Crippen LogP contribution < -0.4 is 10.1 Å². The van der Waals surface area contributed by atoms with Crippen molar-refractivity contribution in [3.63, 3.8) is 0 Å². The number of esters is 1. The van der Waals surface area contributed by atoms with E-state index < -0.39 is 0 Å². The van der Waals surface area contributed by atoms with E-state index in [1.807, 2.05) is 24.3 Å². The zero-order valence-corrected chi connectivity index (χ0v) is 15.7. The Hall–Kier alpha value is -3.19. The first-order valence-corrected chi connectivity index (χ1v) is 9.11. The average Bonchev–Trinajstić information content (AvgIpc) is 3.08. The summed E-state index contributed by atoms with van der Waals surface area (Å²) in [5.74, 6) is 0.101. The second kappa shape index (κ2) is 8.46. The van der Waals surface area contributed by atoms with Gasteiger partial charge in [0.05, 0.1) is 29.5 Å². The summed E-state index contributed by atoms with van der Waals surface area (Å²) in [6, 6.07) is 12.5. The maximum Gasteiger partial charge on any atom is 0.338 e. The molecule has 1 heterocycles. The lowest BCUT2D eigenvalue weighted by atomic mass is 10.2. The number of thiazole rings is 1. The van der Waals surface area contributed by atoms with Gasteiger partial charge in [-0.2, -0.15) is 0 Å². The number of hydrogen-bond acceptors (Lipinski definition) is 6. The normalized spacial score (nSPS) is 10.9. The van der Waals surface area contributed by atoms with Crippen molar-refractivity contribution in [3.05, 3.63) is 59.7 Å². The predicted octanol–water partition coefficient (Wildman–Crippen LogP) is 4.13. The molecule has 0 aliphatic heterocycles. The molecule has 3 aromatic rings. The van der Waals surface area contributed by atoms with Crippen LogP contribution in [-0.4, -0.2) is 30.6 Å². The van der Waals surface area contributed by atoms with Gasteiger partial charge < -0.3 is 9.47 Å². The van der Waals surface area contributed by atoms with Gasteiger partial charge in [0.25, 0.3) is 0 Å². The van der Waals surface area contributed by atoms with Crippen LogP contribution in [0.2, 0.25) is 0 Å². The fourth-order valence-corrected chi connectivity index (χ4v) is 3.26. The van der Waals surface area contributed by atoms with Gasteiger partial charge in [0.1, 0.15) is 5.75 Å². The van der Waals surface area contributed by atoms with Crippen LogP contribution in [0.25, 0.3) is 16.3 Å². The fourth-order valence-electron chi connectivity index (χ4n) is 2.35. The molecule has 0 spiro atoms. The minimum atomic E-state index is -0.374. The Morgan fingerprint density at radius 2 is 1.96 bits per heavy atom. The molecule has 0 atom stereocenters. The van der Waals surface area contributed by atoms with Crippen LogP contribution >= 0.6 is 11.3 Å². The molecule has 138 valence electrons. The van der Waals surface area contributed by atoms with Gasteiger partial charge in [-0.1, -0.05) is 23.5 Å². The fraction of sp³-hybridized carbons (Fsp3) is 0.150. The number of fused-ring (bicyclic) bond motifs is 1. The number of amides is 1. The van der Waals surface area contributed by atoms with Crippen molar-refractivity contribution in [3.8, 4) is 5.75 Å². The number of aromatic nitrogens is 1. The van der Waals surface area contributed by atoms with Crippen molar-refractivity contribution in [1.29, 1.82) is 0 Å². The van der Waals surface area contributed by atoms with Crippen LogP contribution in [0, 0.1) is 0 Å². The van der Waals surface area contributed by atoms with Crippen LogP contribution in [0.3, 0.4) is 0 Å². The van der Waals surface area contributed by atoms with Gasteiger partial charge in [-0.3, -0.25) is 10.1 Å². The number of benzene rings is 2. The van der Waals surface area contributed by atoms with E-state index in [2.05, 4.69) is 10.3 Å². The highest BCUT2D eigenvalue weighted by atomic mass is 32.1. The molecule has 1 N–H and O–H groups in total. The predicted molar refractivity (Wildman–Crippen MR) is 106 cm³/mol. The van der Waals surface area contributed by atoms with Crippen molar-refractivity contribution in [2.45, 2.75) is 6.92 Å². The molecule has 0 saturated heterocycles. The van der Waals surface area contributed by atoms with E-state index in [0.29, 0.717) is 22.8 Å². The van der Waals surface area contributed by atoms with E-state index in [-0.39, 0.29) is 11.9 Å². The van der Waals surface area contributed by atoms with Crippen molar-refractivity contribution in [2.24, 2.45) is 0 Å². The molecule has 0 saturated carbocycles. The number of rotatable bonds is 6. The van der Waals surface area contributed by atoms with Gasteiger partial charge in [-0.05, 0) is 48.9 Å². The summed E-state index contributed by atoms with van der Waals surface area (Å²) < 4.78 is 10.9. The average molecular weight is 382 g/mol. The molecule has 0 aliphatic carbocycles. The highest BCUT2D eigenvalue weighted by Crippen LogP contribution is 2.27. The van der Waals surface area contributed by atoms with Crippen molar-refractivity contribution in [1.82, 2.24) is 4.98 Å². The molecule has 0 aliphatic rings. The van der Waals surface area contributed by atoms with Crippen LogP contribution in [-0.2, 0) is 9.53 Å². The highest BCUT2D eigenvalue weighted by Gasteiger charge is 2.11. The molecule has 2 aromatic carbocycles. The molecule has 0 radical (unpaired) electrons. The van der Waals surface area contributed by atoms with Gasteiger partial charge in [-0.15, -0.1) is 0 Å². The lowest BCUT2D eigenvalue weighted by Gasteiger charge is -2.00. The largest absolute Gasteiger partial charge is 0.497 e. The first kappa shape index (κ1) is 18.6. The van der Waals surface area contributed by atoms with Crippen LogP contribution in [0.5, 0.6) is 5.75 Å². The number of ether oxygens (including phenoxy) is 2. The number of carbonyl (C=O) groups is 2. The number of carbonyl (C=O) groups excluding carboxylic acids is 2. The first-order chi connectivity index (χ1) is 13.1. The monoisotopic (exact) mass is 382 g/mol. The SMILES string of the molecule is CCOC(=O)c1ccc2nc(NC(=O)/C=C/c3ccc(OC)cc3)sc2c1. The molecule has 0 bridgehead atoms. The number of anilines is 1. The molecule has 1 amide bonds. The summed E-state index contributed by atoms with van der Waals surface area (Å²) in [7, 11) is 1.60. The Kier molecular flexibility index (Phi) is 5.83. The van der Waals surface area contributed by atoms with Crippen molar-refractivity contribution >= 4 is 44.6 Å². The standard InChI is InChI=1S/C20H18N2O4S/c1-3-26-19(24)14-7-10-16-17(12-14)27-20(21-16)22-18(23)11-6-13-4-8-15(25-2)9-5-13/h4-12H,3H2,1-2H3,(H,21,22,23)/b11-6+. The quantitative estimate of drug-likeness (QED) is 0.512. The molecule has 1 aromatic heterocycles. The number of nitrogens with zero attached hydrogens (tertiary/aromatic N) is 1. The second-order valence-corrected chi connectivity index (χ2v) is 6.55. The summed E-state index contributed by atoms with van der Waals surface area (Å²) in [6.07, 6.45) is 3.15. The Bertz CT molecular complexity index is 993. The molecule has 0 unspecified atom stereocenters. The van der Waals surface area contributed by atoms with E-state index in [4.69, 9.17) is 9.47 Å². The van der Waals surface area contributed by atoms with Crippen LogP contribution in [0.4, 0.5) is 5.13 Å². The summed E-state index contributed by atoms with van der Waals surface area (Å²) in [6.45, 7) is 2.08. The van der Waals surface area contributed by atoms with Gasteiger partial charge in [-0.25, -0.2) is 9.78 Å². The summed E-state index contributed by atoms with van der Waals surface area (Å²) in [4.78, 5) is 28.3. The van der Waals surface area contributed by atoms with Gasteiger partial charge in [0.15, 0.2) is 5.13 Å². The molecule has 3 rings (SSSR count). The minimum absolute atomic E-state index is 0.282. The molecular formula is C20H18N2O4S. The zero-order chi connectivity index (χ0) is 19.2. The van der Waals surface area contributed by atoms with E-state index >= 15 is 0 Å². The van der Waals surface area contributed by atoms with Crippen LogP contribution in [0.15, 0.2) is 48.5 Å². The van der Waals surface area contributed by atoms with E-state index in [1.165, 1.54) is 17.4 Å². The Balaban J connectivity index is 1.68. The Labute approximate surface area is 160 Å². The molecule has 7 heteroatoms. The van der Waals surface area contributed by atoms with E-state index in [0.717, 1.165) is 16.0 Å². The highest BCUT2D eigenvalue weighted by molar-refractivity contribution is 7.22. The topological polar surface area (TPSA) is 77.5 Å². The summed E-state index contributed by atoms with van der Waals surface area (Å²) >= 11 is 1.30. The molecule has 6 nitrogen and oxygen atoms in total. The van der Waals surface area contributed by atoms with Gasteiger partial charge in [0, 0.05) is 6.08 Å². The molecule has 27 heavy (non-hydrogen) atoms. The van der Waals surface area contributed by atoms with Gasteiger partial charge >= 0.3 is 5.97 Å². The maximum atomic E-state index is 12.1. The minimum Gasteiger partial charge on any atom is -0.497 e. The number of nitrogens with one attached hydrogen (secondary N) is 1. The number of hydrogen-bond donors (Lipinski definition) is 1. The van der Waals surface area contributed by atoms with Crippen LogP contribution in [0.1, 0.15) is 22.8 Å². The summed E-state index contributed by atoms with van der Waals surface area (Å²) in [5.41, 5.74) is 2.06. The second-order valence-electron chi connectivity index (χ2n) is 5.52. The third-order valence-electron chi connectivity index (χ3n) is 3.67. The van der Waals surface area contributed by atoms with Crippen molar-refractivity contribution in [2.75, 3.05) is 19.0 Å². The lowest BCUT2D eigenvalue weighted by Crippen LogP contribution is -2.07. The third kappa shape index (κ3) is 4.71. The molecule has 0 fully saturated rings. The lowest BCUT2D eigenvalue weighted by molar-refractivity contribution is -0.111. The Morgan fingerprint density at radius 3 is 2.67 bits per heavy atom. The molecular weight excluding hydrogens is 364 g/mol. The zero-order valence-electron chi connectivity index (χ0n) is 14.9. The van der Waals surface area contributed by atoms with E-state index in [9.17, 15) is 9.59 Å². The third-order valence-corrected chi connectivity index (χ3v) is 4.61. The number of methoxy groups -OCH3 is 1. The van der Waals surface area contributed by atoms with Gasteiger partial charge in [0.2, 0.25) is 5.91 Å². The maximum absolute atomic E-state index is 12.1. The van der Waals surface area contributed by atoms with Crippen molar-refractivity contribution < 1.29 is 19.1 Å². The Morgan fingerprint density at radius 1 is 1.19 bits per heavy atom. The smallest absolute Gasteiger partial charge is 0.338 e.